The van der Waals surface area contributed by atoms with Crippen LogP contribution in [0.5, 0.6) is 0 Å². The van der Waals surface area contributed by atoms with Crippen molar-refractivity contribution >= 4 is 10.9 Å². The molecule has 18 heavy (non-hydrogen) atoms. The van der Waals surface area contributed by atoms with Crippen LogP contribution in [0.15, 0.2) is 18.2 Å². The maximum absolute atomic E-state index is 3.67. The molecule has 1 aliphatic heterocycles. The normalized spacial score (nSPS) is 20.9. The summed E-state index contributed by atoms with van der Waals surface area (Å²) in [6.07, 6.45) is 5.13. The molecular weight excluding hydrogens is 220 g/mol. The number of aromatic nitrogens is 1. The summed E-state index contributed by atoms with van der Waals surface area (Å²) in [5, 5.41) is 1.46. The van der Waals surface area contributed by atoms with Crippen LogP contribution in [0.3, 0.4) is 0 Å². The third-order valence-corrected chi connectivity index (χ3v) is 4.55. The number of aromatic amines is 1. The summed E-state index contributed by atoms with van der Waals surface area (Å²) in [6.45, 7) is 2.36. The van der Waals surface area contributed by atoms with Crippen molar-refractivity contribution in [2.75, 3.05) is 20.1 Å². The fourth-order valence-electron chi connectivity index (χ4n) is 3.22. The van der Waals surface area contributed by atoms with Gasteiger partial charge in [-0.05, 0) is 49.4 Å². The molecule has 2 heteroatoms. The molecule has 0 radical (unpaired) electrons. The fourth-order valence-corrected chi connectivity index (χ4v) is 3.22. The first-order valence-corrected chi connectivity index (χ1v) is 7.13. The van der Waals surface area contributed by atoms with Crippen molar-refractivity contribution in [1.82, 2.24) is 9.88 Å². The van der Waals surface area contributed by atoms with E-state index >= 15 is 0 Å². The smallest absolute Gasteiger partial charge is 0.0461 e. The van der Waals surface area contributed by atoms with Crippen molar-refractivity contribution in [3.63, 3.8) is 0 Å². The molecule has 2 heterocycles. The third-order valence-electron chi connectivity index (χ3n) is 4.55. The Balaban J connectivity index is 1.81. The van der Waals surface area contributed by atoms with Crippen LogP contribution in [-0.4, -0.2) is 30.0 Å². The van der Waals surface area contributed by atoms with Crippen molar-refractivity contribution in [2.45, 2.75) is 31.6 Å². The number of nitrogens with zero attached hydrogens (tertiary/aromatic N) is 1. The summed E-state index contributed by atoms with van der Waals surface area (Å²) in [5.74, 6) is 0.851. The lowest BCUT2D eigenvalue weighted by atomic mass is 10.0. The minimum absolute atomic E-state index is 0.851. The lowest BCUT2D eigenvalue weighted by Crippen LogP contribution is -2.21. The molecule has 1 aromatic carbocycles. The molecule has 4 rings (SSSR count). The van der Waals surface area contributed by atoms with Crippen LogP contribution in [0.25, 0.3) is 10.9 Å². The van der Waals surface area contributed by atoms with Gasteiger partial charge < -0.3 is 9.88 Å². The molecule has 0 unspecified atom stereocenters. The van der Waals surface area contributed by atoms with E-state index in [1.165, 1.54) is 60.9 Å². The van der Waals surface area contributed by atoms with Crippen LogP contribution in [0.1, 0.15) is 35.6 Å². The predicted molar refractivity (Wildman–Crippen MR) is 75.2 cm³/mol. The van der Waals surface area contributed by atoms with E-state index in [2.05, 4.69) is 35.1 Å². The molecule has 1 N–H and O–H groups in total. The molecule has 1 aliphatic carbocycles. The lowest BCUT2D eigenvalue weighted by molar-refractivity contribution is 0.352. The van der Waals surface area contributed by atoms with Gasteiger partial charge in [0.2, 0.25) is 0 Å². The number of likely N-dealkylation sites (N-methyl/N-ethyl adjacent to an activating group) is 1. The SMILES string of the molecule is CN1CCc2[nH]c3cc(C4CC4)ccc3c2CC1. The van der Waals surface area contributed by atoms with E-state index in [4.69, 9.17) is 0 Å². The number of rotatable bonds is 1. The number of fused-ring (bicyclic) bond motifs is 3. The first kappa shape index (κ1) is 10.6. The van der Waals surface area contributed by atoms with Crippen molar-refractivity contribution in [1.29, 1.82) is 0 Å². The summed E-state index contributed by atoms with van der Waals surface area (Å²) < 4.78 is 0. The van der Waals surface area contributed by atoms with Gasteiger partial charge in [0.1, 0.15) is 0 Å². The maximum atomic E-state index is 3.67. The summed E-state index contributed by atoms with van der Waals surface area (Å²) in [7, 11) is 2.22. The summed E-state index contributed by atoms with van der Waals surface area (Å²) in [5.41, 5.74) is 5.95. The molecule has 1 aromatic heterocycles. The molecule has 0 spiro atoms. The van der Waals surface area contributed by atoms with E-state index < -0.39 is 0 Å². The Morgan fingerprint density at radius 1 is 1.17 bits per heavy atom. The van der Waals surface area contributed by atoms with E-state index in [0.717, 1.165) is 5.92 Å². The van der Waals surface area contributed by atoms with Gasteiger partial charge in [-0.2, -0.15) is 0 Å². The molecule has 2 aliphatic rings. The Morgan fingerprint density at radius 3 is 2.83 bits per heavy atom. The van der Waals surface area contributed by atoms with Crippen LogP contribution in [-0.2, 0) is 12.8 Å². The third kappa shape index (κ3) is 1.67. The van der Waals surface area contributed by atoms with E-state index in [-0.39, 0.29) is 0 Å². The first-order valence-electron chi connectivity index (χ1n) is 7.13. The largest absolute Gasteiger partial charge is 0.358 e. The lowest BCUT2D eigenvalue weighted by Gasteiger charge is -2.11. The first-order chi connectivity index (χ1) is 8.81. The molecule has 0 atom stereocenters. The Kier molecular flexibility index (Phi) is 2.28. The average Bonchev–Trinajstić information content (AvgIpc) is 3.17. The second-order valence-electron chi connectivity index (χ2n) is 5.96. The van der Waals surface area contributed by atoms with Gasteiger partial charge in [-0.3, -0.25) is 0 Å². The number of H-pyrrole nitrogens is 1. The van der Waals surface area contributed by atoms with Gasteiger partial charge in [0.25, 0.3) is 0 Å². The molecule has 0 saturated heterocycles. The molecule has 0 amide bonds. The van der Waals surface area contributed by atoms with E-state index in [9.17, 15) is 0 Å². The highest BCUT2D eigenvalue weighted by atomic mass is 15.1. The quantitative estimate of drug-likeness (QED) is 0.811. The average molecular weight is 240 g/mol. The van der Waals surface area contributed by atoms with Crippen LogP contribution in [0.4, 0.5) is 0 Å². The minimum atomic E-state index is 0.851. The van der Waals surface area contributed by atoms with E-state index in [1.54, 1.807) is 5.56 Å². The summed E-state index contributed by atoms with van der Waals surface area (Å²) in [6, 6.07) is 7.09. The number of hydrogen-bond acceptors (Lipinski definition) is 1. The predicted octanol–water partition coefficient (Wildman–Crippen LogP) is 3.08. The van der Waals surface area contributed by atoms with Crippen molar-refractivity contribution in [3.8, 4) is 0 Å². The molecule has 1 saturated carbocycles. The molecule has 2 nitrogen and oxygen atoms in total. The van der Waals surface area contributed by atoms with Gasteiger partial charge in [-0.1, -0.05) is 12.1 Å². The van der Waals surface area contributed by atoms with E-state index in [0.29, 0.717) is 0 Å². The summed E-state index contributed by atoms with van der Waals surface area (Å²) >= 11 is 0. The minimum Gasteiger partial charge on any atom is -0.358 e. The van der Waals surface area contributed by atoms with Gasteiger partial charge >= 0.3 is 0 Å². The highest BCUT2D eigenvalue weighted by Gasteiger charge is 2.24. The Morgan fingerprint density at radius 2 is 2.00 bits per heavy atom. The Hall–Kier alpha value is -1.28. The van der Waals surface area contributed by atoms with Crippen LogP contribution < -0.4 is 0 Å². The number of hydrogen-bond donors (Lipinski definition) is 1. The zero-order chi connectivity index (χ0) is 12.1. The van der Waals surface area contributed by atoms with Gasteiger partial charge in [0.05, 0.1) is 0 Å². The summed E-state index contributed by atoms with van der Waals surface area (Å²) in [4.78, 5) is 6.10. The Bertz CT molecular complexity index is 592. The molecular formula is C16H20N2. The number of benzene rings is 1. The second kappa shape index (κ2) is 3.86. The zero-order valence-corrected chi connectivity index (χ0v) is 11.0. The van der Waals surface area contributed by atoms with Crippen LogP contribution in [0, 0.1) is 0 Å². The topological polar surface area (TPSA) is 19.0 Å². The molecule has 94 valence electrons. The van der Waals surface area contributed by atoms with Crippen LogP contribution in [0.2, 0.25) is 0 Å². The van der Waals surface area contributed by atoms with Crippen molar-refractivity contribution < 1.29 is 0 Å². The van der Waals surface area contributed by atoms with Crippen LogP contribution >= 0.6 is 0 Å². The molecule has 0 bridgehead atoms. The van der Waals surface area contributed by atoms with Gasteiger partial charge in [-0.25, -0.2) is 0 Å². The van der Waals surface area contributed by atoms with Gasteiger partial charge in [0, 0.05) is 36.1 Å². The standard InChI is InChI=1S/C16H20N2/c1-18-8-6-14-13-5-4-12(11-2-3-11)10-16(13)17-15(14)7-9-18/h4-5,10-11,17H,2-3,6-9H2,1H3. The zero-order valence-electron chi connectivity index (χ0n) is 11.0. The maximum Gasteiger partial charge on any atom is 0.0461 e. The van der Waals surface area contributed by atoms with E-state index in [1.807, 2.05) is 0 Å². The highest BCUT2D eigenvalue weighted by Crippen LogP contribution is 2.41. The highest BCUT2D eigenvalue weighted by molar-refractivity contribution is 5.85. The number of nitrogens with one attached hydrogen (secondary N) is 1. The fraction of sp³-hybridized carbons (Fsp3) is 0.500. The van der Waals surface area contributed by atoms with Gasteiger partial charge in [-0.15, -0.1) is 0 Å². The van der Waals surface area contributed by atoms with Gasteiger partial charge in [0.15, 0.2) is 0 Å². The molecule has 2 aromatic rings. The Labute approximate surface area is 108 Å². The second-order valence-corrected chi connectivity index (χ2v) is 5.96. The molecule has 1 fully saturated rings. The van der Waals surface area contributed by atoms with Crippen molar-refractivity contribution in [2.24, 2.45) is 0 Å². The van der Waals surface area contributed by atoms with Crippen molar-refractivity contribution in [3.05, 3.63) is 35.0 Å². The monoisotopic (exact) mass is 240 g/mol.